The molecule has 0 saturated carbocycles. The molecule has 0 saturated heterocycles. The molecule has 0 aliphatic rings. The summed E-state index contributed by atoms with van der Waals surface area (Å²) in [6.45, 7) is 0. The molecule has 0 fully saturated rings. The summed E-state index contributed by atoms with van der Waals surface area (Å²) in [6, 6.07) is 14.2. The fraction of sp³-hybridized carbons (Fsp3) is 0.0833. The van der Waals surface area contributed by atoms with Gasteiger partial charge in [-0.25, -0.2) is 0 Å². The van der Waals surface area contributed by atoms with Crippen LogP contribution in [0.5, 0.6) is 0 Å². The highest BCUT2D eigenvalue weighted by molar-refractivity contribution is 7.81. The lowest BCUT2D eigenvalue weighted by Gasteiger charge is -2.18. The third kappa shape index (κ3) is 2.25. The van der Waals surface area contributed by atoms with E-state index in [4.69, 9.17) is 12.2 Å². The number of hydrogen-bond donors (Lipinski definition) is 0. The lowest BCUT2D eigenvalue weighted by molar-refractivity contribution is 1.29. The van der Waals surface area contributed by atoms with Crippen molar-refractivity contribution in [2.75, 3.05) is 11.9 Å². The number of hydrogen-bond acceptors (Lipinski definition) is 2. The molecule has 2 rings (SSSR count). The Hall–Kier alpha value is -1.19. The Labute approximate surface area is 99.0 Å². The zero-order valence-electron chi connectivity index (χ0n) is 8.38. The average molecular weight is 233 g/mol. The summed E-state index contributed by atoms with van der Waals surface area (Å²) in [5.41, 5.74) is 1.12. The lowest BCUT2D eigenvalue weighted by atomic mass is 10.3. The van der Waals surface area contributed by atoms with Crippen molar-refractivity contribution in [3.63, 3.8) is 0 Å². The van der Waals surface area contributed by atoms with E-state index in [1.807, 2.05) is 47.7 Å². The Kier molecular flexibility index (Phi) is 3.14. The summed E-state index contributed by atoms with van der Waals surface area (Å²) in [4.78, 5) is 4.04. The van der Waals surface area contributed by atoms with E-state index in [1.165, 1.54) is 0 Å². The largest absolute Gasteiger partial charge is 0.335 e. The zero-order chi connectivity index (χ0) is 10.7. The minimum atomic E-state index is 0.871. The molecule has 1 nitrogen and oxygen atoms in total. The van der Waals surface area contributed by atoms with Gasteiger partial charge in [0.2, 0.25) is 0 Å². The summed E-state index contributed by atoms with van der Waals surface area (Å²) in [5.74, 6) is 0. The number of nitrogens with zero attached hydrogens (tertiary/aromatic N) is 1. The fourth-order valence-electron chi connectivity index (χ4n) is 1.33. The number of rotatable bonds is 2. The molecule has 0 atom stereocenters. The molecule has 0 bridgehead atoms. The van der Waals surface area contributed by atoms with E-state index >= 15 is 0 Å². The maximum atomic E-state index is 5.42. The molecule has 0 aliphatic carbocycles. The summed E-state index contributed by atoms with van der Waals surface area (Å²) < 4.78 is 0. The van der Waals surface area contributed by atoms with Gasteiger partial charge in [0.05, 0.1) is 4.88 Å². The molecule has 1 heterocycles. The van der Waals surface area contributed by atoms with E-state index in [2.05, 4.69) is 12.1 Å². The second kappa shape index (κ2) is 4.55. The summed E-state index contributed by atoms with van der Waals surface area (Å²) in [5, 5.41) is 2.04. The van der Waals surface area contributed by atoms with Crippen LogP contribution in [0.3, 0.4) is 0 Å². The van der Waals surface area contributed by atoms with E-state index in [0.29, 0.717) is 0 Å². The normalized spacial score (nSPS) is 9.93. The molecule has 15 heavy (non-hydrogen) atoms. The first-order valence-corrected chi connectivity index (χ1v) is 5.94. The van der Waals surface area contributed by atoms with Gasteiger partial charge < -0.3 is 4.90 Å². The SMILES string of the molecule is CN(C(=S)c1cccs1)c1ccccc1. The summed E-state index contributed by atoms with van der Waals surface area (Å²) in [7, 11) is 2.00. The van der Waals surface area contributed by atoms with Crippen molar-refractivity contribution in [2.24, 2.45) is 0 Å². The minimum Gasteiger partial charge on any atom is -0.335 e. The highest BCUT2D eigenvalue weighted by atomic mass is 32.1. The van der Waals surface area contributed by atoms with Gasteiger partial charge in [0, 0.05) is 12.7 Å². The second-order valence-corrected chi connectivity index (χ2v) is 4.51. The van der Waals surface area contributed by atoms with Crippen molar-refractivity contribution in [1.82, 2.24) is 0 Å². The van der Waals surface area contributed by atoms with Crippen LogP contribution in [0.15, 0.2) is 47.8 Å². The van der Waals surface area contributed by atoms with Gasteiger partial charge in [0.25, 0.3) is 0 Å². The van der Waals surface area contributed by atoms with Gasteiger partial charge in [0.1, 0.15) is 4.99 Å². The van der Waals surface area contributed by atoms with Gasteiger partial charge in [-0.15, -0.1) is 11.3 Å². The maximum Gasteiger partial charge on any atom is 0.123 e. The van der Waals surface area contributed by atoms with Gasteiger partial charge in [-0.1, -0.05) is 36.5 Å². The number of benzene rings is 1. The van der Waals surface area contributed by atoms with Crippen LogP contribution >= 0.6 is 23.6 Å². The lowest BCUT2D eigenvalue weighted by Crippen LogP contribution is -2.24. The van der Waals surface area contributed by atoms with Crippen LogP contribution in [-0.2, 0) is 0 Å². The van der Waals surface area contributed by atoms with E-state index in [1.54, 1.807) is 11.3 Å². The van der Waals surface area contributed by atoms with Crippen molar-refractivity contribution >= 4 is 34.2 Å². The first kappa shape index (κ1) is 10.3. The molecule has 0 radical (unpaired) electrons. The molecule has 3 heteroatoms. The van der Waals surface area contributed by atoms with Gasteiger partial charge in [-0.2, -0.15) is 0 Å². The van der Waals surface area contributed by atoms with Gasteiger partial charge in [-0.05, 0) is 23.6 Å². The van der Waals surface area contributed by atoms with Crippen LogP contribution in [0.25, 0.3) is 0 Å². The molecule has 1 aromatic carbocycles. The summed E-state index contributed by atoms with van der Waals surface area (Å²) >= 11 is 7.09. The molecular weight excluding hydrogens is 222 g/mol. The first-order chi connectivity index (χ1) is 7.29. The third-order valence-electron chi connectivity index (χ3n) is 2.18. The predicted octanol–water partition coefficient (Wildman–Crippen LogP) is 3.56. The van der Waals surface area contributed by atoms with Crippen LogP contribution in [0.1, 0.15) is 4.88 Å². The van der Waals surface area contributed by atoms with Crippen LogP contribution < -0.4 is 4.90 Å². The Morgan fingerprint density at radius 2 is 1.87 bits per heavy atom. The van der Waals surface area contributed by atoms with E-state index < -0.39 is 0 Å². The molecular formula is C12H11NS2. The van der Waals surface area contributed by atoms with Gasteiger partial charge >= 0.3 is 0 Å². The quantitative estimate of drug-likeness (QED) is 0.730. The molecule has 2 aromatic rings. The molecule has 0 N–H and O–H groups in total. The van der Waals surface area contributed by atoms with Crippen molar-refractivity contribution in [2.45, 2.75) is 0 Å². The van der Waals surface area contributed by atoms with Crippen LogP contribution in [0.2, 0.25) is 0 Å². The van der Waals surface area contributed by atoms with E-state index in [9.17, 15) is 0 Å². The molecule has 0 amide bonds. The number of thiophene rings is 1. The maximum absolute atomic E-state index is 5.42. The monoisotopic (exact) mass is 233 g/mol. The van der Waals surface area contributed by atoms with Gasteiger partial charge in [0.15, 0.2) is 0 Å². The fourth-order valence-corrected chi connectivity index (χ4v) is 2.35. The molecule has 76 valence electrons. The molecule has 0 unspecified atom stereocenters. The number of para-hydroxylation sites is 1. The minimum absolute atomic E-state index is 0.871. The Balaban J connectivity index is 2.23. The Morgan fingerprint density at radius 3 is 2.47 bits per heavy atom. The number of thiocarbonyl (C=S) groups is 1. The first-order valence-electron chi connectivity index (χ1n) is 4.65. The molecule has 0 spiro atoms. The van der Waals surface area contributed by atoms with Crippen LogP contribution in [-0.4, -0.2) is 12.0 Å². The Morgan fingerprint density at radius 1 is 1.13 bits per heavy atom. The second-order valence-electron chi connectivity index (χ2n) is 3.18. The van der Waals surface area contributed by atoms with Crippen molar-refractivity contribution in [1.29, 1.82) is 0 Å². The third-order valence-corrected chi connectivity index (χ3v) is 3.68. The Bertz CT molecular complexity index is 434. The van der Waals surface area contributed by atoms with Crippen molar-refractivity contribution in [3.8, 4) is 0 Å². The number of anilines is 1. The zero-order valence-corrected chi connectivity index (χ0v) is 10.0. The molecule has 0 aliphatic heterocycles. The topological polar surface area (TPSA) is 3.24 Å². The molecule has 1 aromatic heterocycles. The van der Waals surface area contributed by atoms with E-state index in [-0.39, 0.29) is 0 Å². The summed E-state index contributed by atoms with van der Waals surface area (Å²) in [6.07, 6.45) is 0. The van der Waals surface area contributed by atoms with Crippen LogP contribution in [0, 0.1) is 0 Å². The highest BCUT2D eigenvalue weighted by Gasteiger charge is 2.09. The standard InChI is InChI=1S/C12H11NS2/c1-13(10-6-3-2-4-7-10)12(14)11-8-5-9-15-11/h2-9H,1H3. The van der Waals surface area contributed by atoms with Crippen molar-refractivity contribution < 1.29 is 0 Å². The average Bonchev–Trinajstić information content (AvgIpc) is 2.82. The van der Waals surface area contributed by atoms with Crippen molar-refractivity contribution in [3.05, 3.63) is 52.7 Å². The predicted molar refractivity (Wildman–Crippen MR) is 70.9 cm³/mol. The smallest absolute Gasteiger partial charge is 0.123 e. The highest BCUT2D eigenvalue weighted by Crippen LogP contribution is 2.18. The van der Waals surface area contributed by atoms with Gasteiger partial charge in [-0.3, -0.25) is 0 Å². The van der Waals surface area contributed by atoms with E-state index in [0.717, 1.165) is 15.6 Å². The van der Waals surface area contributed by atoms with Crippen LogP contribution in [0.4, 0.5) is 5.69 Å².